The highest BCUT2D eigenvalue weighted by molar-refractivity contribution is 7.92. The van der Waals surface area contributed by atoms with Gasteiger partial charge in [-0.05, 0) is 37.1 Å². The van der Waals surface area contributed by atoms with Crippen molar-refractivity contribution in [2.45, 2.75) is 51.3 Å². The van der Waals surface area contributed by atoms with E-state index in [9.17, 15) is 18.3 Å². The van der Waals surface area contributed by atoms with E-state index in [0.717, 1.165) is 41.9 Å². The predicted octanol–water partition coefficient (Wildman–Crippen LogP) is 4.34. The normalized spacial score (nSPS) is 16.5. The Morgan fingerprint density at radius 2 is 2.05 bits per heavy atom. The number of aromatic nitrogens is 3. The lowest BCUT2D eigenvalue weighted by atomic mass is 10.0. The van der Waals surface area contributed by atoms with Crippen LogP contribution >= 0.6 is 0 Å². The maximum atomic E-state index is 11.8. The SMILES string of the molecule is C[Si](C)(C)CCOCn1ccc2c(N[C@@H]3CCCN(C(=O)O)C3)c(-c3cc(NS(C)(=O)=O)ccn3)cnc21. The van der Waals surface area contributed by atoms with E-state index in [1.54, 1.807) is 24.5 Å². The maximum Gasteiger partial charge on any atom is 0.407 e. The summed E-state index contributed by atoms with van der Waals surface area (Å²) in [5.74, 6) is 0. The van der Waals surface area contributed by atoms with Crippen LogP contribution in [0.4, 0.5) is 16.2 Å². The third-order valence-electron chi connectivity index (χ3n) is 6.39. The molecule has 0 aromatic carbocycles. The monoisotopic (exact) mass is 560 g/mol. The number of carbonyl (C=O) groups is 1. The minimum atomic E-state index is -3.46. The summed E-state index contributed by atoms with van der Waals surface area (Å²) in [6, 6.07) is 6.19. The summed E-state index contributed by atoms with van der Waals surface area (Å²) in [5.41, 5.74) is 3.14. The first kappa shape index (κ1) is 27.9. The highest BCUT2D eigenvalue weighted by Gasteiger charge is 2.25. The number of hydrogen-bond donors (Lipinski definition) is 3. The molecule has 0 radical (unpaired) electrons. The maximum absolute atomic E-state index is 11.8. The smallest absolute Gasteiger partial charge is 0.407 e. The molecule has 1 aliphatic rings. The molecule has 3 aromatic rings. The second-order valence-corrected chi connectivity index (χ2v) is 18.3. The molecular formula is C25H36N6O5SSi. The fourth-order valence-electron chi connectivity index (χ4n) is 4.46. The van der Waals surface area contributed by atoms with Crippen molar-refractivity contribution in [1.29, 1.82) is 0 Å². The van der Waals surface area contributed by atoms with Crippen molar-refractivity contribution >= 4 is 46.6 Å². The number of hydrogen-bond acceptors (Lipinski definition) is 7. The van der Waals surface area contributed by atoms with Crippen LogP contribution < -0.4 is 10.0 Å². The molecule has 1 atom stereocenters. The molecule has 1 saturated heterocycles. The van der Waals surface area contributed by atoms with Gasteiger partial charge in [-0.25, -0.2) is 18.2 Å². The molecule has 0 bridgehead atoms. The topological polar surface area (TPSA) is 139 Å². The molecule has 0 saturated carbocycles. The molecule has 3 N–H and O–H groups in total. The Bertz CT molecular complexity index is 1400. The Morgan fingerprint density at radius 3 is 2.76 bits per heavy atom. The highest BCUT2D eigenvalue weighted by atomic mass is 32.2. The first-order valence-corrected chi connectivity index (χ1v) is 18.2. The zero-order chi connectivity index (χ0) is 27.5. The van der Waals surface area contributed by atoms with Crippen LogP contribution in [0.25, 0.3) is 22.3 Å². The molecular weight excluding hydrogens is 524 g/mol. The minimum Gasteiger partial charge on any atom is -0.465 e. The van der Waals surface area contributed by atoms with Gasteiger partial charge in [0.15, 0.2) is 0 Å². The molecule has 0 aliphatic carbocycles. The van der Waals surface area contributed by atoms with Gasteiger partial charge >= 0.3 is 6.09 Å². The van der Waals surface area contributed by atoms with E-state index in [1.165, 1.54) is 4.90 Å². The number of pyridine rings is 2. The quantitative estimate of drug-likeness (QED) is 0.246. The van der Waals surface area contributed by atoms with Crippen molar-refractivity contribution in [3.8, 4) is 11.3 Å². The Kier molecular flexibility index (Phi) is 8.28. The first-order valence-electron chi connectivity index (χ1n) is 12.6. The van der Waals surface area contributed by atoms with E-state index in [4.69, 9.17) is 9.72 Å². The summed E-state index contributed by atoms with van der Waals surface area (Å²) in [7, 11) is -4.66. The van der Waals surface area contributed by atoms with Crippen molar-refractivity contribution in [1.82, 2.24) is 19.4 Å². The number of carboxylic acid groups (broad SMARTS) is 1. The summed E-state index contributed by atoms with van der Waals surface area (Å²) in [6.45, 7) is 8.88. The van der Waals surface area contributed by atoms with Gasteiger partial charge in [0.2, 0.25) is 10.0 Å². The average Bonchev–Trinajstić information content (AvgIpc) is 3.24. The molecule has 38 heavy (non-hydrogen) atoms. The standard InChI is InChI=1S/C25H36N6O5SSi/c1-37(34,35)29-18-7-9-26-22(14-18)21-15-27-24-20(8-11-31(24)17-36-12-13-38(2,3)4)23(21)28-19-6-5-10-30(16-19)25(32)33/h7-9,11,14-15,19H,5-6,10,12-13,16-17H2,1-4H3,(H,26,29)(H,27,28)(H,32,33)/t19-/m1/s1. The third kappa shape index (κ3) is 7.23. The molecule has 11 nitrogen and oxygen atoms in total. The number of fused-ring (bicyclic) bond motifs is 1. The fraction of sp³-hybridized carbons (Fsp3) is 0.480. The van der Waals surface area contributed by atoms with E-state index in [2.05, 4.69) is 34.7 Å². The lowest BCUT2D eigenvalue weighted by molar-refractivity contribution is 0.0899. The number of rotatable bonds is 10. The minimum absolute atomic E-state index is 0.0992. The summed E-state index contributed by atoms with van der Waals surface area (Å²) in [6.07, 6.45) is 6.93. The Morgan fingerprint density at radius 1 is 1.26 bits per heavy atom. The number of nitrogens with one attached hydrogen (secondary N) is 2. The van der Waals surface area contributed by atoms with Crippen LogP contribution in [0.15, 0.2) is 36.8 Å². The Hall–Kier alpha value is -3.16. The highest BCUT2D eigenvalue weighted by Crippen LogP contribution is 2.35. The summed E-state index contributed by atoms with van der Waals surface area (Å²) in [4.78, 5) is 22.2. The Labute approximate surface area is 224 Å². The number of anilines is 2. The molecule has 0 spiro atoms. The van der Waals surface area contributed by atoms with Crippen LogP contribution in [-0.2, 0) is 21.5 Å². The lowest BCUT2D eigenvalue weighted by Crippen LogP contribution is -2.44. The van der Waals surface area contributed by atoms with Crippen LogP contribution in [0.1, 0.15) is 12.8 Å². The van der Waals surface area contributed by atoms with Crippen molar-refractivity contribution < 1.29 is 23.1 Å². The van der Waals surface area contributed by atoms with Crippen LogP contribution in [-0.4, -0.2) is 79.1 Å². The number of piperidine rings is 1. The number of amides is 1. The van der Waals surface area contributed by atoms with Gasteiger partial charge < -0.3 is 24.6 Å². The third-order valence-corrected chi connectivity index (χ3v) is 8.71. The molecule has 3 aromatic heterocycles. The number of nitrogens with zero attached hydrogens (tertiary/aromatic N) is 4. The fourth-order valence-corrected chi connectivity index (χ4v) is 5.77. The molecule has 206 valence electrons. The molecule has 1 fully saturated rings. The molecule has 1 aliphatic heterocycles. The lowest BCUT2D eigenvalue weighted by Gasteiger charge is -2.32. The van der Waals surface area contributed by atoms with Crippen molar-refractivity contribution in [3.63, 3.8) is 0 Å². The van der Waals surface area contributed by atoms with Gasteiger partial charge in [-0.1, -0.05) is 19.6 Å². The second-order valence-electron chi connectivity index (χ2n) is 10.9. The largest absolute Gasteiger partial charge is 0.465 e. The van der Waals surface area contributed by atoms with E-state index in [-0.39, 0.29) is 6.04 Å². The zero-order valence-corrected chi connectivity index (χ0v) is 24.1. The van der Waals surface area contributed by atoms with Crippen LogP contribution in [0, 0.1) is 0 Å². The van der Waals surface area contributed by atoms with Crippen LogP contribution in [0.5, 0.6) is 0 Å². The van der Waals surface area contributed by atoms with Gasteiger partial charge in [0.25, 0.3) is 0 Å². The second kappa shape index (κ2) is 11.3. The predicted molar refractivity (Wildman–Crippen MR) is 152 cm³/mol. The van der Waals surface area contributed by atoms with Gasteiger partial charge in [0.05, 0.1) is 23.3 Å². The average molecular weight is 561 g/mol. The first-order chi connectivity index (χ1) is 17.9. The molecule has 13 heteroatoms. The number of ether oxygens (including phenoxy) is 1. The van der Waals surface area contributed by atoms with E-state index in [1.807, 2.05) is 16.8 Å². The van der Waals surface area contributed by atoms with Crippen molar-refractivity contribution in [2.24, 2.45) is 0 Å². The van der Waals surface area contributed by atoms with E-state index >= 15 is 0 Å². The van der Waals surface area contributed by atoms with Gasteiger partial charge in [-0.2, -0.15) is 0 Å². The molecule has 4 heterocycles. The summed E-state index contributed by atoms with van der Waals surface area (Å²) in [5, 5.41) is 13.9. The molecule has 1 amide bonds. The zero-order valence-electron chi connectivity index (χ0n) is 22.3. The van der Waals surface area contributed by atoms with Crippen molar-refractivity contribution in [2.75, 3.05) is 36.0 Å². The van der Waals surface area contributed by atoms with Gasteiger partial charge in [0, 0.05) is 63.4 Å². The number of sulfonamides is 1. The van der Waals surface area contributed by atoms with Crippen molar-refractivity contribution in [3.05, 3.63) is 36.8 Å². The van der Waals surface area contributed by atoms with Gasteiger partial charge in [-0.3, -0.25) is 9.71 Å². The van der Waals surface area contributed by atoms with E-state index < -0.39 is 24.2 Å². The summed E-state index contributed by atoms with van der Waals surface area (Å²) < 4.78 is 34.0. The van der Waals surface area contributed by atoms with E-state index in [0.29, 0.717) is 43.4 Å². The van der Waals surface area contributed by atoms with Gasteiger partial charge in [0.1, 0.15) is 12.4 Å². The molecule has 4 rings (SSSR count). The number of likely N-dealkylation sites (tertiary alicyclic amines) is 1. The Balaban J connectivity index is 1.69. The van der Waals surface area contributed by atoms with Crippen LogP contribution in [0.2, 0.25) is 25.7 Å². The van der Waals surface area contributed by atoms with Crippen LogP contribution in [0.3, 0.4) is 0 Å². The molecule has 0 unspecified atom stereocenters. The summed E-state index contributed by atoms with van der Waals surface area (Å²) >= 11 is 0. The van der Waals surface area contributed by atoms with Gasteiger partial charge in [-0.15, -0.1) is 0 Å².